The van der Waals surface area contributed by atoms with E-state index in [1.165, 1.54) is 18.2 Å². The summed E-state index contributed by atoms with van der Waals surface area (Å²) in [5, 5.41) is 20.4. The number of aromatic carboxylic acids is 2. The Bertz CT molecular complexity index is 1360. The Morgan fingerprint density at radius 2 is 1.16 bits per heavy atom. The Hall–Kier alpha value is -3.88. The number of carboxylic acids is 2. The molecule has 0 aliphatic heterocycles. The summed E-state index contributed by atoms with van der Waals surface area (Å²) in [5.74, 6) is -4.98. The first-order valence-corrected chi connectivity index (χ1v) is 11.6. The highest BCUT2D eigenvalue weighted by molar-refractivity contribution is 6.35. The fraction of sp³-hybridized carbons (Fsp3) is 0.185. The number of carbonyl (C=O) groups excluding carboxylic acids is 2. The molecule has 3 aromatic rings. The number of hydrogen-bond donors (Lipinski definition) is 2. The predicted octanol–water partition coefficient (Wildman–Crippen LogP) is 6.04. The molecular weight excluding hydrogens is 523 g/mol. The van der Waals surface area contributed by atoms with Crippen LogP contribution in [0.25, 0.3) is 0 Å². The maximum absolute atomic E-state index is 12.1. The minimum absolute atomic E-state index is 0.0997. The number of rotatable bonds is 7. The van der Waals surface area contributed by atoms with Crippen molar-refractivity contribution >= 4 is 47.1 Å². The van der Waals surface area contributed by atoms with Crippen LogP contribution in [0.3, 0.4) is 0 Å². The Kier molecular flexibility index (Phi) is 8.25. The van der Waals surface area contributed by atoms with Crippen molar-refractivity contribution in [3.05, 3.63) is 91.5 Å². The normalized spacial score (nSPS) is 10.8. The summed E-state index contributed by atoms with van der Waals surface area (Å²) in [7, 11) is 0. The molecule has 0 aliphatic carbocycles. The smallest absolute Gasteiger partial charge is 0.339 e. The van der Waals surface area contributed by atoms with Crippen molar-refractivity contribution in [2.45, 2.75) is 33.6 Å². The Morgan fingerprint density at radius 3 is 1.51 bits per heavy atom. The minimum Gasteiger partial charge on any atom is -0.478 e. The van der Waals surface area contributed by atoms with Gasteiger partial charge in [-0.1, -0.05) is 41.4 Å². The molecule has 0 saturated heterocycles. The number of carboxylic acid groups (broad SMARTS) is 2. The maximum Gasteiger partial charge on any atom is 0.339 e. The van der Waals surface area contributed by atoms with Crippen LogP contribution in [0.4, 0.5) is 0 Å². The lowest BCUT2D eigenvalue weighted by Crippen LogP contribution is -2.14. The van der Waals surface area contributed by atoms with Crippen molar-refractivity contribution in [2.24, 2.45) is 0 Å². The van der Waals surface area contributed by atoms with Gasteiger partial charge in [0, 0.05) is 29.8 Å². The molecule has 0 spiro atoms. The van der Waals surface area contributed by atoms with Crippen LogP contribution in [-0.4, -0.2) is 34.1 Å². The van der Waals surface area contributed by atoms with Crippen LogP contribution in [-0.2, 0) is 9.59 Å². The van der Waals surface area contributed by atoms with E-state index in [4.69, 9.17) is 32.7 Å². The van der Waals surface area contributed by atoms with E-state index in [0.717, 1.165) is 13.8 Å². The van der Waals surface area contributed by atoms with Crippen molar-refractivity contribution in [1.82, 2.24) is 0 Å². The number of aryl methyl sites for hydroxylation is 2. The van der Waals surface area contributed by atoms with E-state index in [9.17, 15) is 29.4 Å². The molecule has 0 bridgehead atoms. The zero-order valence-corrected chi connectivity index (χ0v) is 21.7. The number of benzene rings is 3. The molecule has 0 atom stereocenters. The van der Waals surface area contributed by atoms with Gasteiger partial charge < -0.3 is 19.7 Å². The van der Waals surface area contributed by atoms with Gasteiger partial charge >= 0.3 is 23.9 Å². The minimum atomic E-state index is -1.32. The molecule has 0 aromatic heterocycles. The van der Waals surface area contributed by atoms with Crippen molar-refractivity contribution in [2.75, 3.05) is 0 Å². The number of halogens is 2. The first-order chi connectivity index (χ1) is 17.3. The Labute approximate surface area is 222 Å². The van der Waals surface area contributed by atoms with Crippen LogP contribution in [0.5, 0.6) is 11.5 Å². The SMILES string of the molecule is CC(=O)Oc1c(C)cc(C(c2cc(C)c(OC(C)=O)c(C(=O)O)c2)c2ccc(Cl)cc2Cl)cc1C(=O)O. The summed E-state index contributed by atoms with van der Waals surface area (Å²) in [6, 6.07) is 10.7. The van der Waals surface area contributed by atoms with Crippen molar-refractivity contribution in [3.8, 4) is 11.5 Å². The number of esters is 2. The van der Waals surface area contributed by atoms with Crippen LogP contribution >= 0.6 is 23.2 Å². The van der Waals surface area contributed by atoms with Gasteiger partial charge in [0.2, 0.25) is 0 Å². The van der Waals surface area contributed by atoms with Gasteiger partial charge in [-0.05, 0) is 65.9 Å². The summed E-state index contributed by atoms with van der Waals surface area (Å²) >= 11 is 12.7. The van der Waals surface area contributed by atoms with E-state index in [1.807, 2.05) is 0 Å². The molecule has 3 rings (SSSR count). The maximum atomic E-state index is 12.1. The molecule has 10 heteroatoms. The molecule has 0 amide bonds. The molecule has 0 unspecified atom stereocenters. The van der Waals surface area contributed by atoms with Crippen LogP contribution in [0, 0.1) is 13.8 Å². The Balaban J connectivity index is 2.38. The zero-order valence-electron chi connectivity index (χ0n) is 20.2. The third-order valence-corrected chi connectivity index (χ3v) is 6.05. The third kappa shape index (κ3) is 6.10. The van der Waals surface area contributed by atoms with E-state index in [0.29, 0.717) is 32.8 Å². The highest BCUT2D eigenvalue weighted by atomic mass is 35.5. The summed E-state index contributed by atoms with van der Waals surface area (Å²) < 4.78 is 10.3. The molecule has 192 valence electrons. The van der Waals surface area contributed by atoms with Gasteiger partial charge in [0.05, 0.1) is 0 Å². The van der Waals surface area contributed by atoms with Crippen molar-refractivity contribution in [3.63, 3.8) is 0 Å². The van der Waals surface area contributed by atoms with Crippen LogP contribution in [0.2, 0.25) is 10.0 Å². The van der Waals surface area contributed by atoms with Crippen molar-refractivity contribution < 1.29 is 38.9 Å². The first kappa shape index (κ1) is 27.7. The van der Waals surface area contributed by atoms with E-state index < -0.39 is 29.8 Å². The molecule has 3 aromatic carbocycles. The zero-order chi connectivity index (χ0) is 27.6. The van der Waals surface area contributed by atoms with Gasteiger partial charge in [-0.15, -0.1) is 0 Å². The van der Waals surface area contributed by atoms with Gasteiger partial charge in [0.1, 0.15) is 22.6 Å². The molecule has 0 aliphatic rings. The van der Waals surface area contributed by atoms with Crippen LogP contribution in [0.15, 0.2) is 42.5 Å². The summed E-state index contributed by atoms with van der Waals surface area (Å²) in [5.41, 5.74) is 1.60. The summed E-state index contributed by atoms with van der Waals surface area (Å²) in [6.07, 6.45) is 0. The van der Waals surface area contributed by atoms with E-state index in [1.54, 1.807) is 38.1 Å². The lowest BCUT2D eigenvalue weighted by Gasteiger charge is -2.24. The lowest BCUT2D eigenvalue weighted by molar-refractivity contribution is -0.132. The molecule has 8 nitrogen and oxygen atoms in total. The van der Waals surface area contributed by atoms with Crippen molar-refractivity contribution in [1.29, 1.82) is 0 Å². The molecule has 0 radical (unpaired) electrons. The van der Waals surface area contributed by atoms with Gasteiger partial charge in [-0.3, -0.25) is 9.59 Å². The Morgan fingerprint density at radius 1 is 0.730 bits per heavy atom. The van der Waals surface area contributed by atoms with Gasteiger partial charge in [-0.25, -0.2) is 9.59 Å². The number of hydrogen-bond acceptors (Lipinski definition) is 6. The highest BCUT2D eigenvalue weighted by Crippen LogP contribution is 2.41. The quantitative estimate of drug-likeness (QED) is 0.209. The van der Waals surface area contributed by atoms with Gasteiger partial charge in [-0.2, -0.15) is 0 Å². The largest absolute Gasteiger partial charge is 0.478 e. The summed E-state index contributed by atoms with van der Waals surface area (Å²) in [4.78, 5) is 47.4. The molecule has 2 N–H and O–H groups in total. The fourth-order valence-electron chi connectivity index (χ4n) is 4.10. The molecule has 0 saturated carbocycles. The van der Waals surface area contributed by atoms with Gasteiger partial charge in [0.25, 0.3) is 0 Å². The molecule has 0 fully saturated rings. The number of carbonyl (C=O) groups is 4. The van der Waals surface area contributed by atoms with E-state index in [2.05, 4.69) is 0 Å². The molecule has 0 heterocycles. The lowest BCUT2D eigenvalue weighted by atomic mass is 9.82. The van der Waals surface area contributed by atoms with E-state index in [-0.39, 0.29) is 27.6 Å². The molecular formula is C27H22Cl2O8. The summed E-state index contributed by atoms with van der Waals surface area (Å²) in [6.45, 7) is 5.51. The highest BCUT2D eigenvalue weighted by Gasteiger charge is 2.27. The second kappa shape index (κ2) is 11.0. The standard InChI is InChI=1S/C27H22Cl2O8/c1-12-7-16(9-20(26(32)33)24(12)36-14(3)30)23(19-6-5-18(28)11-22(19)29)17-8-13(2)25(37-15(4)31)21(10-17)27(34)35/h5-11,23H,1-4H3,(H,32,33)(H,34,35). The van der Waals surface area contributed by atoms with Crippen LogP contribution < -0.4 is 9.47 Å². The monoisotopic (exact) mass is 544 g/mol. The average Bonchev–Trinajstić information content (AvgIpc) is 2.77. The van der Waals surface area contributed by atoms with Gasteiger partial charge in [0.15, 0.2) is 0 Å². The van der Waals surface area contributed by atoms with Crippen LogP contribution in [0.1, 0.15) is 68.3 Å². The number of ether oxygens (including phenoxy) is 2. The first-order valence-electron chi connectivity index (χ1n) is 10.9. The topological polar surface area (TPSA) is 127 Å². The molecule has 37 heavy (non-hydrogen) atoms. The second-order valence-electron chi connectivity index (χ2n) is 8.33. The third-order valence-electron chi connectivity index (χ3n) is 5.49. The fourth-order valence-corrected chi connectivity index (χ4v) is 4.62. The van der Waals surface area contributed by atoms with E-state index >= 15 is 0 Å². The average molecular weight is 545 g/mol. The second-order valence-corrected chi connectivity index (χ2v) is 9.17. The predicted molar refractivity (Wildman–Crippen MR) is 136 cm³/mol.